The summed E-state index contributed by atoms with van der Waals surface area (Å²) < 4.78 is 24.1. The molecule has 2 aliphatic heterocycles. The molecule has 9 atom stereocenters. The molecule has 7 heteroatoms. The van der Waals surface area contributed by atoms with Crippen LogP contribution in [0, 0.1) is 28.1 Å². The fraction of sp³-hybridized carbons (Fsp3) is 0.645. The Morgan fingerprint density at radius 1 is 1.16 bits per heavy atom. The minimum absolute atomic E-state index is 0.0591. The van der Waals surface area contributed by atoms with Crippen LogP contribution in [0.1, 0.15) is 78.5 Å². The summed E-state index contributed by atoms with van der Waals surface area (Å²) in [5, 5.41) is 0. The van der Waals surface area contributed by atoms with Crippen molar-refractivity contribution in [3.63, 3.8) is 0 Å². The first-order valence-corrected chi connectivity index (χ1v) is 13.7. The Morgan fingerprint density at radius 2 is 1.87 bits per heavy atom. The van der Waals surface area contributed by atoms with Crippen LogP contribution in [0.5, 0.6) is 0 Å². The third-order valence-corrected chi connectivity index (χ3v) is 10.7. The lowest BCUT2D eigenvalue weighted by molar-refractivity contribution is -0.190. The second kappa shape index (κ2) is 7.71. The molecule has 0 amide bonds. The van der Waals surface area contributed by atoms with Gasteiger partial charge in [0.15, 0.2) is 5.78 Å². The fourth-order valence-corrected chi connectivity index (χ4v) is 9.11. The number of ketones is 1. The minimum atomic E-state index is -1.00. The number of rotatable bonds is 3. The monoisotopic (exact) mass is 522 g/mol. The van der Waals surface area contributed by atoms with Gasteiger partial charge in [0, 0.05) is 33.6 Å². The Balaban J connectivity index is 1.55. The highest BCUT2D eigenvalue weighted by Gasteiger charge is 2.77. The van der Waals surface area contributed by atoms with Crippen LogP contribution < -0.4 is 0 Å². The van der Waals surface area contributed by atoms with E-state index in [1.54, 1.807) is 12.3 Å². The standard InChI is InChI=1S/C31H38O7/c1-15-17(16-10-12-36-25(16)28(2,3)4)13-18-22(15)31(7)19(14-21(33)35-8)30(6)20(32)9-11-29(5)24(30)23(26(31)37-18)38-27(29)34/h9-12,17-19,23-24,26H,13-14H2,1-8H3/t17-,18-,19-,23-,24?,26-,29-,30+,31-/m1/s1. The van der Waals surface area contributed by atoms with Crippen molar-refractivity contribution in [1.82, 2.24) is 0 Å². The smallest absolute Gasteiger partial charge is 0.316 e. The molecule has 0 spiro atoms. The summed E-state index contributed by atoms with van der Waals surface area (Å²) in [6.07, 6.45) is 4.56. The molecule has 0 radical (unpaired) electrons. The lowest BCUT2D eigenvalue weighted by atomic mass is 9.42. The SMILES string of the molecule is COC(=O)C[C@H]1[C@]2(C)C3=C(C)[C@H](c4ccoc4C(C)(C)C)C[C@H]3O[C@@H]2[C@@H]2OC(=O)[C@]3(C)C=CC(=O)[C@@]1(C)C23. The van der Waals surface area contributed by atoms with Gasteiger partial charge in [-0.2, -0.15) is 0 Å². The summed E-state index contributed by atoms with van der Waals surface area (Å²) in [6, 6.07) is 2.06. The highest BCUT2D eigenvalue weighted by atomic mass is 16.6. The molecule has 6 rings (SSSR count). The molecule has 38 heavy (non-hydrogen) atoms. The molecule has 0 aromatic carbocycles. The van der Waals surface area contributed by atoms with Crippen LogP contribution in [0.15, 0.2) is 40.0 Å². The van der Waals surface area contributed by atoms with Crippen molar-refractivity contribution in [3.05, 3.63) is 47.0 Å². The van der Waals surface area contributed by atoms with E-state index in [2.05, 4.69) is 40.7 Å². The second-order valence-electron chi connectivity index (χ2n) is 13.6. The first kappa shape index (κ1) is 25.6. The highest BCUT2D eigenvalue weighted by Crippen LogP contribution is 2.72. The van der Waals surface area contributed by atoms with Gasteiger partial charge in [-0.1, -0.05) is 46.3 Å². The number of ether oxygens (including phenoxy) is 3. The number of methoxy groups -OCH3 is 1. The van der Waals surface area contributed by atoms with Crippen molar-refractivity contribution in [2.45, 2.75) is 91.0 Å². The summed E-state index contributed by atoms with van der Waals surface area (Å²) in [5.74, 6) is -0.573. The number of allylic oxidation sites excluding steroid dienone is 2. The number of hydrogen-bond donors (Lipinski definition) is 0. The van der Waals surface area contributed by atoms with Crippen molar-refractivity contribution < 1.29 is 33.0 Å². The predicted octanol–water partition coefficient (Wildman–Crippen LogP) is 5.04. The van der Waals surface area contributed by atoms with Crippen LogP contribution >= 0.6 is 0 Å². The fourth-order valence-electron chi connectivity index (χ4n) is 9.11. The van der Waals surface area contributed by atoms with Crippen LogP contribution in [0.4, 0.5) is 0 Å². The van der Waals surface area contributed by atoms with Crippen molar-refractivity contribution in [3.8, 4) is 0 Å². The van der Waals surface area contributed by atoms with E-state index in [0.717, 1.165) is 23.3 Å². The second-order valence-corrected chi connectivity index (χ2v) is 13.6. The van der Waals surface area contributed by atoms with E-state index >= 15 is 0 Å². The quantitative estimate of drug-likeness (QED) is 0.406. The summed E-state index contributed by atoms with van der Waals surface area (Å²) in [7, 11) is 1.38. The molecule has 1 unspecified atom stereocenters. The number of carbonyl (C=O) groups excluding carboxylic acids is 3. The Kier molecular flexibility index (Phi) is 5.19. The number of esters is 2. The van der Waals surface area contributed by atoms with Gasteiger partial charge in [-0.15, -0.1) is 0 Å². The zero-order valence-electron chi connectivity index (χ0n) is 23.5. The lowest BCUT2D eigenvalue weighted by Crippen LogP contribution is -2.66. The van der Waals surface area contributed by atoms with Gasteiger partial charge in [0.2, 0.25) is 0 Å². The summed E-state index contributed by atoms with van der Waals surface area (Å²) >= 11 is 0. The molecular formula is C31H38O7. The number of furan rings is 1. The van der Waals surface area contributed by atoms with Gasteiger partial charge in [0.25, 0.3) is 0 Å². The molecule has 3 fully saturated rings. The average Bonchev–Trinajstić information content (AvgIpc) is 3.57. The molecule has 0 N–H and O–H groups in total. The molecule has 2 saturated heterocycles. The highest BCUT2D eigenvalue weighted by molar-refractivity contribution is 6.00. The Morgan fingerprint density at radius 3 is 2.53 bits per heavy atom. The Labute approximate surface area is 223 Å². The Bertz CT molecular complexity index is 1310. The lowest BCUT2D eigenvalue weighted by Gasteiger charge is -2.59. The van der Waals surface area contributed by atoms with Gasteiger partial charge in [0.1, 0.15) is 18.0 Å². The predicted molar refractivity (Wildman–Crippen MR) is 138 cm³/mol. The van der Waals surface area contributed by atoms with Gasteiger partial charge in [-0.3, -0.25) is 14.4 Å². The Hall–Kier alpha value is -2.67. The minimum Gasteiger partial charge on any atom is -0.469 e. The van der Waals surface area contributed by atoms with Crippen LogP contribution in [0.25, 0.3) is 0 Å². The van der Waals surface area contributed by atoms with Crippen LogP contribution in [0.3, 0.4) is 0 Å². The maximum Gasteiger partial charge on any atom is 0.316 e. The average molecular weight is 523 g/mol. The van der Waals surface area contributed by atoms with E-state index in [4.69, 9.17) is 18.6 Å². The van der Waals surface area contributed by atoms with E-state index in [0.29, 0.717) is 0 Å². The van der Waals surface area contributed by atoms with Crippen molar-refractivity contribution in [2.75, 3.05) is 7.11 Å². The maximum absolute atomic E-state index is 13.8. The van der Waals surface area contributed by atoms with Gasteiger partial charge < -0.3 is 18.6 Å². The van der Waals surface area contributed by atoms with Crippen molar-refractivity contribution in [2.24, 2.45) is 28.1 Å². The third kappa shape index (κ3) is 2.91. The summed E-state index contributed by atoms with van der Waals surface area (Å²) in [6.45, 7) is 14.5. The molecule has 1 saturated carbocycles. The molecule has 5 aliphatic rings. The molecule has 204 valence electrons. The topological polar surface area (TPSA) is 92.0 Å². The van der Waals surface area contributed by atoms with E-state index in [9.17, 15) is 14.4 Å². The van der Waals surface area contributed by atoms with Gasteiger partial charge in [-0.25, -0.2) is 0 Å². The zero-order chi connectivity index (χ0) is 27.6. The molecule has 1 aromatic heterocycles. The van der Waals surface area contributed by atoms with E-state index < -0.39 is 40.3 Å². The van der Waals surface area contributed by atoms with Gasteiger partial charge >= 0.3 is 11.9 Å². The van der Waals surface area contributed by atoms with Gasteiger partial charge in [-0.05, 0) is 43.9 Å². The largest absolute Gasteiger partial charge is 0.469 e. The van der Waals surface area contributed by atoms with Crippen LogP contribution in [-0.4, -0.2) is 43.1 Å². The molecule has 3 aliphatic carbocycles. The summed E-state index contributed by atoms with van der Waals surface area (Å²) in [5.41, 5.74) is 0.665. The first-order valence-electron chi connectivity index (χ1n) is 13.7. The third-order valence-electron chi connectivity index (χ3n) is 10.7. The van der Waals surface area contributed by atoms with Crippen molar-refractivity contribution >= 4 is 17.7 Å². The summed E-state index contributed by atoms with van der Waals surface area (Å²) in [4.78, 5) is 40.0. The molecular weight excluding hydrogens is 484 g/mol. The van der Waals surface area contributed by atoms with E-state index in [-0.39, 0.29) is 41.6 Å². The number of hydrogen-bond acceptors (Lipinski definition) is 7. The first-order chi connectivity index (χ1) is 17.7. The van der Waals surface area contributed by atoms with E-state index in [1.165, 1.54) is 18.8 Å². The van der Waals surface area contributed by atoms with Crippen LogP contribution in [0.2, 0.25) is 0 Å². The zero-order valence-corrected chi connectivity index (χ0v) is 23.5. The molecule has 0 bridgehead atoms. The molecule has 7 nitrogen and oxygen atoms in total. The van der Waals surface area contributed by atoms with Crippen molar-refractivity contribution in [1.29, 1.82) is 0 Å². The van der Waals surface area contributed by atoms with E-state index in [1.807, 2.05) is 13.8 Å². The molecule has 3 heterocycles. The maximum atomic E-state index is 13.8. The number of fused-ring (bicyclic) bond motifs is 4. The van der Waals surface area contributed by atoms with Crippen LogP contribution in [-0.2, 0) is 34.0 Å². The number of carbonyl (C=O) groups is 3. The molecule has 1 aromatic rings. The normalized spacial score (nSPS) is 43.2. The van der Waals surface area contributed by atoms with Gasteiger partial charge in [0.05, 0.1) is 31.3 Å².